The molecule has 23 heavy (non-hydrogen) atoms. The molecule has 2 saturated heterocycles. The van der Waals surface area contributed by atoms with Gasteiger partial charge in [0.1, 0.15) is 5.75 Å². The fourth-order valence-electron chi connectivity index (χ4n) is 3.49. The van der Waals surface area contributed by atoms with Crippen molar-refractivity contribution >= 4 is 15.9 Å². The highest BCUT2D eigenvalue weighted by molar-refractivity contribution is 7.88. The van der Waals surface area contributed by atoms with Gasteiger partial charge in [0, 0.05) is 31.2 Å². The van der Waals surface area contributed by atoms with Gasteiger partial charge in [0.25, 0.3) is 5.91 Å². The first-order chi connectivity index (χ1) is 10.8. The van der Waals surface area contributed by atoms with Gasteiger partial charge >= 0.3 is 0 Å². The molecule has 2 aliphatic heterocycles. The average molecular weight is 338 g/mol. The Hall–Kier alpha value is -1.60. The minimum Gasteiger partial charge on any atom is -0.497 e. The Morgan fingerprint density at radius 1 is 1.30 bits per heavy atom. The molecule has 0 N–H and O–H groups in total. The van der Waals surface area contributed by atoms with Crippen LogP contribution in [0, 0.1) is 12.8 Å². The molecule has 0 bridgehead atoms. The highest BCUT2D eigenvalue weighted by Crippen LogP contribution is 2.35. The van der Waals surface area contributed by atoms with Crippen LogP contribution in [0.5, 0.6) is 5.75 Å². The SMILES string of the molecule is COc1ccc(C(=O)N2CC[C@@H]3CN(S(C)(=O)=O)[C@@H]3C2)c(C)c1. The van der Waals surface area contributed by atoms with E-state index in [0.717, 1.165) is 17.7 Å². The Morgan fingerprint density at radius 2 is 2.04 bits per heavy atom. The lowest BCUT2D eigenvalue weighted by Gasteiger charge is -2.51. The predicted molar refractivity (Wildman–Crippen MR) is 87.1 cm³/mol. The van der Waals surface area contributed by atoms with Gasteiger partial charge in [-0.2, -0.15) is 4.31 Å². The number of rotatable bonds is 3. The number of ether oxygens (including phenoxy) is 1. The highest BCUT2D eigenvalue weighted by atomic mass is 32.2. The fraction of sp³-hybridized carbons (Fsp3) is 0.562. The second kappa shape index (κ2) is 5.79. The van der Waals surface area contributed by atoms with Gasteiger partial charge in [0.05, 0.1) is 13.4 Å². The normalized spacial score (nSPS) is 24.7. The van der Waals surface area contributed by atoms with E-state index in [1.807, 2.05) is 13.0 Å². The van der Waals surface area contributed by atoms with E-state index in [4.69, 9.17) is 4.74 Å². The number of likely N-dealkylation sites (tertiary alicyclic amines) is 1. The van der Waals surface area contributed by atoms with Gasteiger partial charge in [0.15, 0.2) is 0 Å². The Balaban J connectivity index is 1.76. The van der Waals surface area contributed by atoms with Gasteiger partial charge in [-0.15, -0.1) is 0 Å². The lowest BCUT2D eigenvalue weighted by Crippen LogP contribution is -2.65. The lowest BCUT2D eigenvalue weighted by molar-refractivity contribution is 0.0141. The van der Waals surface area contributed by atoms with E-state index in [0.29, 0.717) is 31.1 Å². The smallest absolute Gasteiger partial charge is 0.254 e. The second-order valence-electron chi connectivity index (χ2n) is 6.38. The number of aryl methyl sites for hydroxylation is 1. The van der Waals surface area contributed by atoms with Gasteiger partial charge in [0.2, 0.25) is 10.0 Å². The van der Waals surface area contributed by atoms with Gasteiger partial charge in [-0.05, 0) is 43.0 Å². The number of benzene rings is 1. The molecule has 3 rings (SSSR count). The first kappa shape index (κ1) is 16.3. The molecule has 0 saturated carbocycles. The zero-order chi connectivity index (χ0) is 16.8. The van der Waals surface area contributed by atoms with Crippen molar-refractivity contribution in [1.82, 2.24) is 9.21 Å². The first-order valence-corrected chi connectivity index (χ1v) is 9.57. The summed E-state index contributed by atoms with van der Waals surface area (Å²) < 4.78 is 30.2. The van der Waals surface area contributed by atoms with Crippen LogP contribution in [0.25, 0.3) is 0 Å². The molecule has 2 atom stereocenters. The number of carbonyl (C=O) groups is 1. The van der Waals surface area contributed by atoms with Crippen LogP contribution in [0.3, 0.4) is 0 Å². The second-order valence-corrected chi connectivity index (χ2v) is 8.32. The third-order valence-electron chi connectivity index (χ3n) is 4.88. The summed E-state index contributed by atoms with van der Waals surface area (Å²) >= 11 is 0. The van der Waals surface area contributed by atoms with E-state index in [2.05, 4.69) is 0 Å². The molecule has 2 fully saturated rings. The van der Waals surface area contributed by atoms with E-state index < -0.39 is 10.0 Å². The standard InChI is InChI=1S/C16H22N2O4S/c1-11-8-13(22-2)4-5-14(11)16(19)17-7-6-12-9-18(15(12)10-17)23(3,20)21/h4-5,8,12,15H,6-7,9-10H2,1-3H3/t12-,15-/m1/s1. The molecule has 6 nitrogen and oxygen atoms in total. The molecule has 1 aromatic carbocycles. The van der Waals surface area contributed by atoms with Crippen LogP contribution in [0.15, 0.2) is 18.2 Å². The quantitative estimate of drug-likeness (QED) is 0.828. The fourth-order valence-corrected chi connectivity index (χ4v) is 4.68. The maximum absolute atomic E-state index is 12.8. The van der Waals surface area contributed by atoms with Crippen LogP contribution in [-0.4, -0.2) is 62.6 Å². The monoisotopic (exact) mass is 338 g/mol. The average Bonchev–Trinajstić information content (AvgIpc) is 2.46. The minimum absolute atomic E-state index is 0.0380. The van der Waals surface area contributed by atoms with Gasteiger partial charge in [-0.1, -0.05) is 0 Å². The molecule has 126 valence electrons. The zero-order valence-electron chi connectivity index (χ0n) is 13.7. The van der Waals surface area contributed by atoms with Crippen LogP contribution >= 0.6 is 0 Å². The van der Waals surface area contributed by atoms with Gasteiger partial charge in [-0.25, -0.2) is 8.42 Å². The van der Waals surface area contributed by atoms with Crippen LogP contribution in [0.1, 0.15) is 22.3 Å². The van der Waals surface area contributed by atoms with Crippen molar-refractivity contribution in [2.75, 3.05) is 33.0 Å². The Labute approximate surface area is 137 Å². The molecule has 0 radical (unpaired) electrons. The molecule has 2 aliphatic rings. The first-order valence-electron chi connectivity index (χ1n) is 7.72. The van der Waals surface area contributed by atoms with Crippen molar-refractivity contribution in [3.63, 3.8) is 0 Å². The topological polar surface area (TPSA) is 66.9 Å². The predicted octanol–water partition coefficient (Wildman–Crippen LogP) is 1.11. The third kappa shape index (κ3) is 2.95. The number of amides is 1. The summed E-state index contributed by atoms with van der Waals surface area (Å²) in [5, 5.41) is 0. The van der Waals surface area contributed by atoms with Crippen molar-refractivity contribution in [2.45, 2.75) is 19.4 Å². The Kier molecular flexibility index (Phi) is 4.10. The molecule has 1 aromatic rings. The molecule has 0 aromatic heterocycles. The number of sulfonamides is 1. The highest BCUT2D eigenvalue weighted by Gasteiger charge is 2.47. The number of fused-ring (bicyclic) bond motifs is 1. The summed E-state index contributed by atoms with van der Waals surface area (Å²) in [5.74, 6) is 1.06. The summed E-state index contributed by atoms with van der Waals surface area (Å²) in [6.45, 7) is 3.63. The van der Waals surface area contributed by atoms with Gasteiger partial charge < -0.3 is 9.64 Å². The van der Waals surface area contributed by atoms with E-state index in [1.165, 1.54) is 10.6 Å². The van der Waals surface area contributed by atoms with E-state index in [9.17, 15) is 13.2 Å². The minimum atomic E-state index is -3.19. The molecule has 7 heteroatoms. The third-order valence-corrected chi connectivity index (χ3v) is 6.15. The molecule has 0 aliphatic carbocycles. The number of nitrogens with zero attached hydrogens (tertiary/aromatic N) is 2. The number of hydrogen-bond donors (Lipinski definition) is 0. The number of hydrogen-bond acceptors (Lipinski definition) is 4. The number of piperidine rings is 1. The van der Waals surface area contributed by atoms with Crippen molar-refractivity contribution in [1.29, 1.82) is 0 Å². The maximum atomic E-state index is 12.8. The molecule has 2 heterocycles. The Bertz CT molecular complexity index is 732. The Morgan fingerprint density at radius 3 is 2.65 bits per heavy atom. The largest absolute Gasteiger partial charge is 0.497 e. The van der Waals surface area contributed by atoms with E-state index in [-0.39, 0.29) is 11.9 Å². The molecular formula is C16H22N2O4S. The molecular weight excluding hydrogens is 316 g/mol. The zero-order valence-corrected chi connectivity index (χ0v) is 14.5. The summed E-state index contributed by atoms with van der Waals surface area (Å²) in [6.07, 6.45) is 2.09. The van der Waals surface area contributed by atoms with Crippen LogP contribution in [0.2, 0.25) is 0 Å². The van der Waals surface area contributed by atoms with Crippen molar-refractivity contribution in [2.24, 2.45) is 5.92 Å². The van der Waals surface area contributed by atoms with Crippen LogP contribution in [-0.2, 0) is 10.0 Å². The number of methoxy groups -OCH3 is 1. The van der Waals surface area contributed by atoms with Crippen molar-refractivity contribution < 1.29 is 17.9 Å². The molecule has 0 unspecified atom stereocenters. The molecule has 0 spiro atoms. The van der Waals surface area contributed by atoms with Crippen molar-refractivity contribution in [3.8, 4) is 5.75 Å². The lowest BCUT2D eigenvalue weighted by atomic mass is 9.84. The molecule has 1 amide bonds. The van der Waals surface area contributed by atoms with Gasteiger partial charge in [-0.3, -0.25) is 4.79 Å². The van der Waals surface area contributed by atoms with Crippen molar-refractivity contribution in [3.05, 3.63) is 29.3 Å². The van der Waals surface area contributed by atoms with E-state index in [1.54, 1.807) is 24.1 Å². The van der Waals surface area contributed by atoms with Crippen LogP contribution < -0.4 is 4.74 Å². The van der Waals surface area contributed by atoms with Crippen LogP contribution in [0.4, 0.5) is 0 Å². The number of carbonyl (C=O) groups excluding carboxylic acids is 1. The summed E-state index contributed by atoms with van der Waals surface area (Å²) in [6, 6.07) is 5.32. The maximum Gasteiger partial charge on any atom is 0.254 e. The summed E-state index contributed by atoms with van der Waals surface area (Å²) in [7, 11) is -1.59. The summed E-state index contributed by atoms with van der Waals surface area (Å²) in [5.41, 5.74) is 1.51. The van der Waals surface area contributed by atoms with E-state index >= 15 is 0 Å². The summed E-state index contributed by atoms with van der Waals surface area (Å²) in [4.78, 5) is 14.5.